The van der Waals surface area contributed by atoms with Crippen LogP contribution in [-0.2, 0) is 10.2 Å². The summed E-state index contributed by atoms with van der Waals surface area (Å²) < 4.78 is 0. The molecule has 0 aliphatic carbocycles. The van der Waals surface area contributed by atoms with Crippen LogP contribution in [0.4, 0.5) is 0 Å². The minimum absolute atomic E-state index is 0.0340. The Balaban J connectivity index is 1.59. The smallest absolute Gasteiger partial charge is 0.250 e. The Hall–Kier alpha value is -3.87. The molecule has 5 heterocycles. The van der Waals surface area contributed by atoms with Crippen molar-refractivity contribution in [3.63, 3.8) is 0 Å². The third-order valence-corrected chi connectivity index (χ3v) is 7.20. The van der Waals surface area contributed by atoms with E-state index in [1.807, 2.05) is 44.4 Å². The van der Waals surface area contributed by atoms with Crippen molar-refractivity contribution in [3.8, 4) is 11.1 Å². The lowest BCUT2D eigenvalue weighted by atomic mass is 9.62. The van der Waals surface area contributed by atoms with Crippen LogP contribution in [0.15, 0.2) is 88.1 Å². The van der Waals surface area contributed by atoms with E-state index in [1.54, 1.807) is 6.20 Å². The second-order valence-electron chi connectivity index (χ2n) is 9.80. The van der Waals surface area contributed by atoms with Gasteiger partial charge < -0.3 is 10.6 Å². The predicted octanol–water partition coefficient (Wildman–Crippen LogP) is 4.78. The van der Waals surface area contributed by atoms with Crippen LogP contribution in [-0.4, -0.2) is 27.6 Å². The molecule has 0 radical (unpaired) electrons. The van der Waals surface area contributed by atoms with Gasteiger partial charge in [0.15, 0.2) is 6.17 Å². The molecule has 170 valence electrons. The van der Waals surface area contributed by atoms with Crippen molar-refractivity contribution in [2.24, 2.45) is 10.2 Å². The third-order valence-electron chi connectivity index (χ3n) is 7.20. The molecule has 0 saturated heterocycles. The number of hydrogen-bond donors (Lipinski definition) is 2. The summed E-state index contributed by atoms with van der Waals surface area (Å²) in [6.07, 6.45) is 6.61. The summed E-state index contributed by atoms with van der Waals surface area (Å²) in [7, 11) is 0. The molecule has 2 N–H and O–H groups in total. The monoisotopic (exact) mass is 450 g/mol. The fourth-order valence-corrected chi connectivity index (χ4v) is 5.77. The van der Waals surface area contributed by atoms with E-state index in [0.29, 0.717) is 12.8 Å². The van der Waals surface area contributed by atoms with Gasteiger partial charge in [0, 0.05) is 41.2 Å². The van der Waals surface area contributed by atoms with E-state index in [4.69, 9.17) is 0 Å². The number of pyridine rings is 2. The molecule has 34 heavy (non-hydrogen) atoms. The number of carbonyl (C=O) groups is 1. The highest BCUT2D eigenvalue weighted by Gasteiger charge is 2.53. The normalized spacial score (nSPS) is 24.9. The first-order chi connectivity index (χ1) is 16.4. The Kier molecular flexibility index (Phi) is 4.46. The molecule has 0 bridgehead atoms. The van der Waals surface area contributed by atoms with Gasteiger partial charge in [-0.3, -0.25) is 14.8 Å². The molecule has 2 aromatic heterocycles. The van der Waals surface area contributed by atoms with Gasteiger partial charge in [-0.1, -0.05) is 25.1 Å². The minimum Gasteiger partial charge on any atom is -0.362 e. The van der Waals surface area contributed by atoms with Gasteiger partial charge in [-0.05, 0) is 55.7 Å². The molecular formula is C27H26N6O. The van der Waals surface area contributed by atoms with Crippen molar-refractivity contribution < 1.29 is 4.79 Å². The number of nitrogens with one attached hydrogen (secondary N) is 2. The number of hydrogen-bond acceptors (Lipinski definition) is 6. The first-order valence-electron chi connectivity index (χ1n) is 11.7. The fraction of sp³-hybridized carbons (Fsp3) is 0.296. The molecule has 0 fully saturated rings. The van der Waals surface area contributed by atoms with E-state index in [-0.39, 0.29) is 17.6 Å². The van der Waals surface area contributed by atoms with Gasteiger partial charge in [0.1, 0.15) is 0 Å². The number of amides is 1. The van der Waals surface area contributed by atoms with Gasteiger partial charge >= 0.3 is 0 Å². The van der Waals surface area contributed by atoms with Crippen LogP contribution in [0.5, 0.6) is 0 Å². The lowest BCUT2D eigenvalue weighted by molar-refractivity contribution is -0.120. The van der Waals surface area contributed by atoms with Crippen molar-refractivity contribution in [1.82, 2.24) is 20.6 Å². The molecule has 1 unspecified atom stereocenters. The highest BCUT2D eigenvalue weighted by Crippen LogP contribution is 2.51. The number of carbonyl (C=O) groups excluding carboxylic acids is 1. The van der Waals surface area contributed by atoms with Crippen molar-refractivity contribution in [2.45, 2.75) is 50.7 Å². The number of benzene rings is 1. The maximum atomic E-state index is 13.6. The molecule has 2 atom stereocenters. The zero-order valence-electron chi connectivity index (χ0n) is 19.5. The zero-order chi connectivity index (χ0) is 23.5. The molecule has 3 aliphatic rings. The van der Waals surface area contributed by atoms with Gasteiger partial charge in [-0.25, -0.2) is 0 Å². The molecule has 0 spiro atoms. The maximum Gasteiger partial charge on any atom is 0.250 e. The molecule has 1 amide bonds. The van der Waals surface area contributed by atoms with Gasteiger partial charge in [-0.2, -0.15) is 10.2 Å². The summed E-state index contributed by atoms with van der Waals surface area (Å²) in [5.41, 5.74) is 6.62. The number of azo groups is 1. The molecule has 7 heteroatoms. The number of fused-ring (bicyclic) bond motifs is 2. The molecular weight excluding hydrogens is 424 g/mol. The topological polar surface area (TPSA) is 91.6 Å². The van der Waals surface area contributed by atoms with Crippen LogP contribution in [0.1, 0.15) is 39.2 Å². The van der Waals surface area contributed by atoms with Gasteiger partial charge in [0.25, 0.3) is 5.91 Å². The maximum absolute atomic E-state index is 13.6. The average Bonchev–Trinajstić information content (AvgIpc) is 3.30. The molecule has 3 aliphatic heterocycles. The van der Waals surface area contributed by atoms with Gasteiger partial charge in [-0.15, -0.1) is 0 Å². The van der Waals surface area contributed by atoms with Crippen molar-refractivity contribution in [2.75, 3.05) is 0 Å². The SMILES string of the molecule is CC[C@@]1(c2cccc(-c3ccnc4cccnc34)c2)C2=CN=NC2NC2=C1C(=O)NC(C)(C)C2. The highest BCUT2D eigenvalue weighted by molar-refractivity contribution is 6.00. The zero-order valence-corrected chi connectivity index (χ0v) is 19.5. The Bertz CT molecular complexity index is 1430. The predicted molar refractivity (Wildman–Crippen MR) is 131 cm³/mol. The van der Waals surface area contributed by atoms with Crippen molar-refractivity contribution >= 4 is 16.9 Å². The third kappa shape index (κ3) is 2.93. The van der Waals surface area contributed by atoms with Crippen LogP contribution < -0.4 is 10.6 Å². The lowest BCUT2D eigenvalue weighted by Crippen LogP contribution is -2.58. The Labute approximate surface area is 198 Å². The first kappa shape index (κ1) is 20.7. The van der Waals surface area contributed by atoms with E-state index >= 15 is 0 Å². The Morgan fingerprint density at radius 3 is 2.82 bits per heavy atom. The standard InChI is InChI=1S/C27H26N6O/c1-4-27(19-15-30-33-24(19)31-21-14-26(2,3)32-25(34)22(21)27)17-8-5-7-16(13-17)18-10-12-28-20-9-6-11-29-23(18)20/h5-13,15,24,31H,4,14H2,1-3H3,(H,32,34)/t24?,27-/m1/s1. The van der Waals surface area contributed by atoms with Gasteiger partial charge in [0.05, 0.1) is 28.2 Å². The highest BCUT2D eigenvalue weighted by atomic mass is 16.2. The number of nitrogens with zero attached hydrogens (tertiary/aromatic N) is 4. The van der Waals surface area contributed by atoms with Crippen LogP contribution in [0.2, 0.25) is 0 Å². The summed E-state index contributed by atoms with van der Waals surface area (Å²) >= 11 is 0. The Morgan fingerprint density at radius 1 is 1.09 bits per heavy atom. The van der Waals surface area contributed by atoms with E-state index in [0.717, 1.165) is 44.6 Å². The second kappa shape index (κ2) is 7.32. The van der Waals surface area contributed by atoms with E-state index in [1.165, 1.54) is 0 Å². The summed E-state index contributed by atoms with van der Waals surface area (Å²) in [5, 5.41) is 15.4. The fourth-order valence-electron chi connectivity index (χ4n) is 5.77. The molecule has 0 saturated carbocycles. The van der Waals surface area contributed by atoms with Crippen LogP contribution in [0.25, 0.3) is 22.2 Å². The number of rotatable bonds is 3. The van der Waals surface area contributed by atoms with Crippen LogP contribution >= 0.6 is 0 Å². The van der Waals surface area contributed by atoms with E-state index in [2.05, 4.69) is 62.0 Å². The summed E-state index contributed by atoms with van der Waals surface area (Å²) in [4.78, 5) is 22.7. The van der Waals surface area contributed by atoms with Crippen LogP contribution in [0, 0.1) is 0 Å². The van der Waals surface area contributed by atoms with Crippen molar-refractivity contribution in [3.05, 3.63) is 83.5 Å². The van der Waals surface area contributed by atoms with Crippen molar-refractivity contribution in [1.29, 1.82) is 0 Å². The molecule has 3 aromatic rings. The molecule has 1 aromatic carbocycles. The van der Waals surface area contributed by atoms with Gasteiger partial charge in [0.2, 0.25) is 0 Å². The quantitative estimate of drug-likeness (QED) is 0.601. The first-order valence-corrected chi connectivity index (χ1v) is 11.7. The minimum atomic E-state index is -0.623. The van der Waals surface area contributed by atoms with Crippen LogP contribution in [0.3, 0.4) is 0 Å². The molecule has 6 rings (SSSR count). The summed E-state index contributed by atoms with van der Waals surface area (Å²) in [5.74, 6) is -0.0340. The molecule has 7 nitrogen and oxygen atoms in total. The second-order valence-corrected chi connectivity index (χ2v) is 9.80. The average molecular weight is 451 g/mol. The summed E-state index contributed by atoms with van der Waals surface area (Å²) in [6.45, 7) is 6.23. The van der Waals surface area contributed by atoms with E-state index < -0.39 is 5.41 Å². The summed E-state index contributed by atoms with van der Waals surface area (Å²) in [6, 6.07) is 14.3. The lowest BCUT2D eigenvalue weighted by Gasteiger charge is -2.48. The van der Waals surface area contributed by atoms with E-state index in [9.17, 15) is 4.79 Å². The number of aromatic nitrogens is 2. The largest absolute Gasteiger partial charge is 0.362 e. The Morgan fingerprint density at radius 2 is 1.97 bits per heavy atom.